The quantitative estimate of drug-likeness (QED) is 0.282. The number of benzene rings is 1. The molecule has 0 unspecified atom stereocenters. The first-order chi connectivity index (χ1) is 15.6. The number of rotatable bonds is 8. The van der Waals surface area contributed by atoms with Crippen LogP contribution in [0.5, 0.6) is 0 Å². The van der Waals surface area contributed by atoms with E-state index in [2.05, 4.69) is 59.1 Å². The van der Waals surface area contributed by atoms with Gasteiger partial charge in [0.15, 0.2) is 5.76 Å². The highest BCUT2D eigenvalue weighted by Gasteiger charge is 2.23. The van der Waals surface area contributed by atoms with Crippen molar-refractivity contribution in [3.8, 4) is 0 Å². The second-order valence-electron chi connectivity index (χ2n) is 7.35. The fraction of sp³-hybridized carbons (Fsp3) is 0.200. The van der Waals surface area contributed by atoms with Gasteiger partial charge in [0, 0.05) is 21.5 Å². The van der Waals surface area contributed by atoms with E-state index in [4.69, 9.17) is 4.42 Å². The molecule has 3 heterocycles. The molecular formula is C25H25N3O2S2. The molecule has 1 atom stereocenters. The van der Waals surface area contributed by atoms with Crippen LogP contribution in [0.3, 0.4) is 0 Å². The molecule has 0 fully saturated rings. The molecule has 0 aliphatic carbocycles. The lowest BCUT2D eigenvalue weighted by Gasteiger charge is -2.21. The van der Waals surface area contributed by atoms with E-state index in [9.17, 15) is 4.79 Å². The molecule has 0 aliphatic heterocycles. The van der Waals surface area contributed by atoms with E-state index in [0.717, 1.165) is 33.9 Å². The highest BCUT2D eigenvalue weighted by Crippen LogP contribution is 2.38. The number of nitrogens with zero attached hydrogens (tertiary/aromatic N) is 1. The summed E-state index contributed by atoms with van der Waals surface area (Å²) in [7, 11) is 0. The molecule has 2 N–H and O–H groups in total. The van der Waals surface area contributed by atoms with E-state index in [-0.39, 0.29) is 17.7 Å². The highest BCUT2D eigenvalue weighted by molar-refractivity contribution is 7.98. The van der Waals surface area contributed by atoms with Crippen molar-refractivity contribution in [1.82, 2.24) is 4.98 Å². The van der Waals surface area contributed by atoms with Crippen LogP contribution in [0, 0.1) is 6.92 Å². The van der Waals surface area contributed by atoms with Crippen LogP contribution in [0.1, 0.15) is 45.1 Å². The van der Waals surface area contributed by atoms with Crippen LogP contribution < -0.4 is 10.6 Å². The number of aryl methyl sites for hydroxylation is 2. The molecule has 0 spiro atoms. The zero-order chi connectivity index (χ0) is 22.5. The Bertz CT molecular complexity index is 1180. The van der Waals surface area contributed by atoms with Gasteiger partial charge in [-0.3, -0.25) is 4.79 Å². The summed E-state index contributed by atoms with van der Waals surface area (Å²) in [6, 6.07) is 17.8. The van der Waals surface area contributed by atoms with Crippen LogP contribution in [-0.4, -0.2) is 17.1 Å². The number of pyridine rings is 1. The number of amides is 1. The monoisotopic (exact) mass is 463 g/mol. The van der Waals surface area contributed by atoms with Gasteiger partial charge in [-0.15, -0.1) is 23.1 Å². The first kappa shape index (κ1) is 22.2. The molecule has 0 bridgehead atoms. The Morgan fingerprint density at radius 1 is 1.19 bits per heavy atom. The summed E-state index contributed by atoms with van der Waals surface area (Å²) in [5.74, 6) is 0.819. The average Bonchev–Trinajstić information content (AvgIpc) is 3.48. The minimum atomic E-state index is -0.258. The molecule has 7 heteroatoms. The van der Waals surface area contributed by atoms with Crippen molar-refractivity contribution in [2.24, 2.45) is 0 Å². The van der Waals surface area contributed by atoms with Gasteiger partial charge in [-0.2, -0.15) is 0 Å². The van der Waals surface area contributed by atoms with Gasteiger partial charge in [0.25, 0.3) is 5.91 Å². The van der Waals surface area contributed by atoms with Crippen LogP contribution in [0.4, 0.5) is 10.8 Å². The molecule has 1 amide bonds. The van der Waals surface area contributed by atoms with Crippen LogP contribution in [0.2, 0.25) is 0 Å². The molecule has 0 saturated carbocycles. The van der Waals surface area contributed by atoms with Crippen molar-refractivity contribution in [2.45, 2.75) is 31.2 Å². The predicted molar refractivity (Wildman–Crippen MR) is 133 cm³/mol. The van der Waals surface area contributed by atoms with Gasteiger partial charge in [-0.1, -0.05) is 19.1 Å². The van der Waals surface area contributed by atoms with Crippen molar-refractivity contribution in [3.63, 3.8) is 0 Å². The predicted octanol–water partition coefficient (Wildman–Crippen LogP) is 6.78. The van der Waals surface area contributed by atoms with E-state index >= 15 is 0 Å². The Morgan fingerprint density at radius 3 is 2.66 bits per heavy atom. The van der Waals surface area contributed by atoms with E-state index in [1.165, 1.54) is 16.0 Å². The lowest BCUT2D eigenvalue weighted by molar-refractivity contribution is 0.0997. The number of thiophene rings is 1. The number of anilines is 2. The number of hydrogen-bond donors (Lipinski definition) is 2. The second-order valence-corrected chi connectivity index (χ2v) is 9.37. The Hall–Kier alpha value is -3.03. The molecule has 164 valence electrons. The fourth-order valence-electron chi connectivity index (χ4n) is 3.42. The molecule has 0 saturated heterocycles. The molecule has 5 nitrogen and oxygen atoms in total. The van der Waals surface area contributed by atoms with Crippen LogP contribution >= 0.6 is 23.1 Å². The van der Waals surface area contributed by atoms with Gasteiger partial charge < -0.3 is 15.1 Å². The number of aromatic nitrogens is 1. The Labute approximate surface area is 196 Å². The largest absolute Gasteiger partial charge is 0.459 e. The van der Waals surface area contributed by atoms with Crippen molar-refractivity contribution in [2.75, 3.05) is 16.9 Å². The lowest BCUT2D eigenvalue weighted by atomic mass is 9.99. The number of carbonyl (C=O) groups excluding carboxylic acids is 1. The highest BCUT2D eigenvalue weighted by atomic mass is 32.2. The van der Waals surface area contributed by atoms with Gasteiger partial charge >= 0.3 is 0 Å². The first-order valence-electron chi connectivity index (χ1n) is 10.4. The summed E-state index contributed by atoms with van der Waals surface area (Å²) in [5, 5.41) is 7.46. The van der Waals surface area contributed by atoms with Crippen molar-refractivity contribution in [3.05, 3.63) is 94.4 Å². The SMILES string of the molecule is CCc1cc([C@H](Nc2cc(C)ccn2)c2ccc(SC)cc2)c(NC(=O)c2ccco2)s1. The summed E-state index contributed by atoms with van der Waals surface area (Å²) in [4.78, 5) is 19.6. The van der Waals surface area contributed by atoms with Gasteiger partial charge in [-0.25, -0.2) is 4.98 Å². The molecule has 3 aromatic heterocycles. The third-order valence-corrected chi connectivity index (χ3v) is 7.05. The Kier molecular flexibility index (Phi) is 6.97. The van der Waals surface area contributed by atoms with Gasteiger partial charge in [-0.05, 0) is 73.2 Å². The molecule has 0 radical (unpaired) electrons. The van der Waals surface area contributed by atoms with Gasteiger partial charge in [0.05, 0.1) is 12.3 Å². The van der Waals surface area contributed by atoms with Crippen molar-refractivity contribution < 1.29 is 9.21 Å². The summed E-state index contributed by atoms with van der Waals surface area (Å²) >= 11 is 3.30. The topological polar surface area (TPSA) is 67.2 Å². The van der Waals surface area contributed by atoms with E-state index in [1.54, 1.807) is 41.4 Å². The van der Waals surface area contributed by atoms with Crippen LogP contribution in [0.25, 0.3) is 0 Å². The maximum Gasteiger partial charge on any atom is 0.291 e. The molecule has 4 aromatic rings. The molecule has 32 heavy (non-hydrogen) atoms. The normalized spacial score (nSPS) is 11.8. The number of thioether (sulfide) groups is 1. The summed E-state index contributed by atoms with van der Waals surface area (Å²) < 4.78 is 5.28. The maximum absolute atomic E-state index is 12.7. The lowest BCUT2D eigenvalue weighted by Crippen LogP contribution is -2.17. The van der Waals surface area contributed by atoms with E-state index < -0.39 is 0 Å². The van der Waals surface area contributed by atoms with Crippen molar-refractivity contribution >= 4 is 39.8 Å². The number of nitrogens with one attached hydrogen (secondary N) is 2. The summed E-state index contributed by atoms with van der Waals surface area (Å²) in [6.45, 7) is 4.16. The summed E-state index contributed by atoms with van der Waals surface area (Å²) in [5.41, 5.74) is 3.23. The molecule has 0 aliphatic rings. The number of furan rings is 1. The Morgan fingerprint density at radius 2 is 2.00 bits per heavy atom. The average molecular weight is 464 g/mol. The van der Waals surface area contributed by atoms with E-state index in [1.807, 2.05) is 19.1 Å². The molecule has 4 rings (SSSR count). The minimum absolute atomic E-state index is 0.177. The second kappa shape index (κ2) is 10.1. The minimum Gasteiger partial charge on any atom is -0.459 e. The Balaban J connectivity index is 1.75. The maximum atomic E-state index is 12.7. The van der Waals surface area contributed by atoms with Crippen molar-refractivity contribution in [1.29, 1.82) is 0 Å². The number of hydrogen-bond acceptors (Lipinski definition) is 6. The third kappa shape index (κ3) is 5.06. The number of carbonyl (C=O) groups is 1. The van der Waals surface area contributed by atoms with E-state index in [0.29, 0.717) is 0 Å². The van der Waals surface area contributed by atoms with Crippen LogP contribution in [-0.2, 0) is 6.42 Å². The third-order valence-electron chi connectivity index (χ3n) is 5.10. The fourth-order valence-corrected chi connectivity index (χ4v) is 4.86. The standard InChI is InChI=1S/C25H25N3O2S2/c1-4-18-15-20(25(32-18)28-24(29)21-6-5-13-30-21)23(17-7-9-19(31-3)10-8-17)27-22-14-16(2)11-12-26-22/h5-15,23H,4H2,1-3H3,(H,26,27)(H,28,29)/t23-/m1/s1. The summed E-state index contributed by atoms with van der Waals surface area (Å²) in [6.07, 6.45) is 6.25. The first-order valence-corrected chi connectivity index (χ1v) is 12.4. The molecular weight excluding hydrogens is 438 g/mol. The zero-order valence-electron chi connectivity index (χ0n) is 18.2. The van der Waals surface area contributed by atoms with Gasteiger partial charge in [0.2, 0.25) is 0 Å². The van der Waals surface area contributed by atoms with Crippen LogP contribution in [0.15, 0.2) is 76.4 Å². The smallest absolute Gasteiger partial charge is 0.291 e. The zero-order valence-corrected chi connectivity index (χ0v) is 19.8. The van der Waals surface area contributed by atoms with Gasteiger partial charge in [0.1, 0.15) is 10.8 Å². The molecule has 1 aromatic carbocycles.